The molecule has 152 valence electrons. The average Bonchev–Trinajstić information content (AvgIpc) is 3.47. The van der Waals surface area contributed by atoms with E-state index in [-0.39, 0.29) is 5.56 Å². The molecule has 0 atom stereocenters. The SMILES string of the molecule is Cc1ccc(-c2csc3nc(CSc4nnc(-c5sc(C)nc5C)o4)[nH]c(=O)c23)s1. The summed E-state index contributed by atoms with van der Waals surface area (Å²) in [4.78, 5) is 28.6. The first-order valence-electron chi connectivity index (χ1n) is 8.96. The van der Waals surface area contributed by atoms with Gasteiger partial charge >= 0.3 is 0 Å². The van der Waals surface area contributed by atoms with E-state index in [1.54, 1.807) is 11.3 Å². The van der Waals surface area contributed by atoms with Crippen LogP contribution in [-0.2, 0) is 5.75 Å². The second-order valence-electron chi connectivity index (χ2n) is 6.56. The number of rotatable bonds is 5. The maximum Gasteiger partial charge on any atom is 0.277 e. The summed E-state index contributed by atoms with van der Waals surface area (Å²) < 4.78 is 5.76. The Kier molecular flexibility index (Phi) is 5.05. The molecule has 0 aliphatic heterocycles. The van der Waals surface area contributed by atoms with Crippen LogP contribution in [-0.4, -0.2) is 25.1 Å². The summed E-state index contributed by atoms with van der Waals surface area (Å²) >= 11 is 6.03. The molecular formula is C19H15N5O2S4. The van der Waals surface area contributed by atoms with E-state index in [0.29, 0.717) is 28.1 Å². The number of thioether (sulfide) groups is 1. The number of thiophene rings is 2. The molecule has 0 unspecified atom stereocenters. The summed E-state index contributed by atoms with van der Waals surface area (Å²) in [5.41, 5.74) is 1.70. The number of hydrogen-bond donors (Lipinski definition) is 1. The summed E-state index contributed by atoms with van der Waals surface area (Å²) in [6, 6.07) is 4.11. The van der Waals surface area contributed by atoms with Gasteiger partial charge in [0, 0.05) is 20.7 Å². The van der Waals surface area contributed by atoms with Crippen LogP contribution in [0.5, 0.6) is 0 Å². The van der Waals surface area contributed by atoms with Crippen molar-refractivity contribution in [3.05, 3.63) is 49.3 Å². The first-order valence-corrected chi connectivity index (χ1v) is 12.5. The maximum absolute atomic E-state index is 12.8. The summed E-state index contributed by atoms with van der Waals surface area (Å²) in [5.74, 6) is 1.48. The van der Waals surface area contributed by atoms with E-state index in [0.717, 1.165) is 30.8 Å². The third kappa shape index (κ3) is 3.62. The Morgan fingerprint density at radius 2 is 2.00 bits per heavy atom. The van der Waals surface area contributed by atoms with Crippen molar-refractivity contribution in [2.45, 2.75) is 31.7 Å². The van der Waals surface area contributed by atoms with Gasteiger partial charge in [0.1, 0.15) is 15.5 Å². The van der Waals surface area contributed by atoms with Crippen molar-refractivity contribution >= 4 is 56.0 Å². The van der Waals surface area contributed by atoms with Crippen LogP contribution in [0.4, 0.5) is 0 Å². The van der Waals surface area contributed by atoms with E-state index in [2.05, 4.69) is 38.1 Å². The minimum Gasteiger partial charge on any atom is -0.410 e. The lowest BCUT2D eigenvalue weighted by atomic mass is 10.2. The van der Waals surface area contributed by atoms with Crippen LogP contribution in [0.1, 0.15) is 21.4 Å². The highest BCUT2D eigenvalue weighted by Gasteiger charge is 2.17. The molecule has 11 heteroatoms. The third-order valence-electron chi connectivity index (χ3n) is 4.34. The number of fused-ring (bicyclic) bond motifs is 1. The van der Waals surface area contributed by atoms with Gasteiger partial charge in [0.05, 0.1) is 21.8 Å². The highest BCUT2D eigenvalue weighted by Crippen LogP contribution is 2.35. The van der Waals surface area contributed by atoms with Gasteiger partial charge in [-0.2, -0.15) is 0 Å². The van der Waals surface area contributed by atoms with Gasteiger partial charge in [-0.25, -0.2) is 9.97 Å². The van der Waals surface area contributed by atoms with E-state index in [9.17, 15) is 4.79 Å². The second kappa shape index (κ2) is 7.73. The number of thiazole rings is 1. The Labute approximate surface area is 187 Å². The molecule has 30 heavy (non-hydrogen) atoms. The molecule has 5 heterocycles. The molecule has 5 aromatic heterocycles. The van der Waals surface area contributed by atoms with Gasteiger partial charge in [-0.05, 0) is 32.9 Å². The first kappa shape index (κ1) is 19.6. The van der Waals surface area contributed by atoms with Crippen LogP contribution in [0.2, 0.25) is 0 Å². The molecule has 0 aliphatic rings. The van der Waals surface area contributed by atoms with Crippen molar-refractivity contribution in [2.75, 3.05) is 0 Å². The fraction of sp³-hybridized carbons (Fsp3) is 0.211. The topological polar surface area (TPSA) is 97.6 Å². The normalized spacial score (nSPS) is 11.6. The Morgan fingerprint density at radius 3 is 2.73 bits per heavy atom. The van der Waals surface area contributed by atoms with Crippen LogP contribution in [0.15, 0.2) is 31.9 Å². The average molecular weight is 474 g/mol. The molecule has 1 N–H and O–H groups in total. The van der Waals surface area contributed by atoms with E-state index in [1.165, 1.54) is 39.3 Å². The monoisotopic (exact) mass is 473 g/mol. The molecule has 5 aromatic rings. The Bertz CT molecular complexity index is 1420. The molecule has 0 bridgehead atoms. The lowest BCUT2D eigenvalue weighted by Crippen LogP contribution is -2.10. The van der Waals surface area contributed by atoms with Gasteiger partial charge in [-0.15, -0.1) is 44.2 Å². The molecule has 0 saturated carbocycles. The highest BCUT2D eigenvalue weighted by atomic mass is 32.2. The molecule has 0 spiro atoms. The van der Waals surface area contributed by atoms with Gasteiger partial charge in [-0.3, -0.25) is 4.79 Å². The van der Waals surface area contributed by atoms with Gasteiger partial charge in [0.2, 0.25) is 0 Å². The van der Waals surface area contributed by atoms with E-state index in [4.69, 9.17) is 4.42 Å². The second-order valence-corrected chi connectivity index (χ2v) is 10.8. The highest BCUT2D eigenvalue weighted by molar-refractivity contribution is 7.98. The van der Waals surface area contributed by atoms with Crippen molar-refractivity contribution in [1.82, 2.24) is 25.1 Å². The minimum atomic E-state index is -0.125. The van der Waals surface area contributed by atoms with Gasteiger partial charge in [0.15, 0.2) is 0 Å². The lowest BCUT2D eigenvalue weighted by molar-refractivity contribution is 0.466. The largest absolute Gasteiger partial charge is 0.410 e. The van der Waals surface area contributed by atoms with Crippen molar-refractivity contribution in [1.29, 1.82) is 0 Å². The molecule has 7 nitrogen and oxygen atoms in total. The molecule has 5 rings (SSSR count). The fourth-order valence-electron chi connectivity index (χ4n) is 3.04. The van der Waals surface area contributed by atoms with Gasteiger partial charge in [-0.1, -0.05) is 11.8 Å². The first-order chi connectivity index (χ1) is 14.5. The quantitative estimate of drug-likeness (QED) is 0.340. The van der Waals surface area contributed by atoms with Crippen LogP contribution in [0.3, 0.4) is 0 Å². The fourth-order valence-corrected chi connectivity index (χ4v) is 6.44. The third-order valence-corrected chi connectivity index (χ3v) is 8.13. The minimum absolute atomic E-state index is 0.125. The zero-order valence-corrected chi connectivity index (χ0v) is 19.4. The van der Waals surface area contributed by atoms with E-state index < -0.39 is 0 Å². The number of nitrogens with one attached hydrogen (secondary N) is 1. The van der Waals surface area contributed by atoms with Crippen LogP contribution < -0.4 is 5.56 Å². The van der Waals surface area contributed by atoms with Crippen molar-refractivity contribution in [3.63, 3.8) is 0 Å². The van der Waals surface area contributed by atoms with Crippen molar-refractivity contribution in [2.24, 2.45) is 0 Å². The summed E-state index contributed by atoms with van der Waals surface area (Å²) in [6.45, 7) is 5.92. The van der Waals surface area contributed by atoms with Crippen molar-refractivity contribution in [3.8, 4) is 21.2 Å². The molecule has 0 fully saturated rings. The van der Waals surface area contributed by atoms with Crippen LogP contribution in [0.25, 0.3) is 31.4 Å². The van der Waals surface area contributed by atoms with Gasteiger partial charge < -0.3 is 9.40 Å². The Hall–Kier alpha value is -2.34. The summed E-state index contributed by atoms with van der Waals surface area (Å²) in [5, 5.41) is 12.3. The standard InChI is InChI=1S/C19H15N5O2S4/c1-8-4-5-12(29-8)11-6-27-18-14(11)16(25)21-13(22-18)7-28-19-24-23-17(26-19)15-9(2)20-10(3)30-15/h4-6H,7H2,1-3H3,(H,21,22,25). The lowest BCUT2D eigenvalue weighted by Gasteiger charge is -1.99. The van der Waals surface area contributed by atoms with Gasteiger partial charge in [0.25, 0.3) is 16.7 Å². The van der Waals surface area contributed by atoms with Crippen molar-refractivity contribution < 1.29 is 4.42 Å². The zero-order chi connectivity index (χ0) is 20.8. The van der Waals surface area contributed by atoms with Crippen LogP contribution >= 0.6 is 45.8 Å². The molecule has 0 radical (unpaired) electrons. The molecule has 0 aliphatic carbocycles. The van der Waals surface area contributed by atoms with Crippen LogP contribution in [0, 0.1) is 20.8 Å². The molecule has 0 aromatic carbocycles. The molecular weight excluding hydrogens is 459 g/mol. The number of hydrogen-bond acceptors (Lipinski definition) is 10. The Morgan fingerprint density at radius 1 is 1.13 bits per heavy atom. The number of aryl methyl sites for hydroxylation is 3. The predicted octanol–water partition coefficient (Wildman–Crippen LogP) is 5.44. The molecule has 0 amide bonds. The number of H-pyrrole nitrogens is 1. The Balaban J connectivity index is 1.38. The predicted molar refractivity (Wildman–Crippen MR) is 123 cm³/mol. The number of aromatic amines is 1. The summed E-state index contributed by atoms with van der Waals surface area (Å²) in [7, 11) is 0. The molecule has 0 saturated heterocycles. The number of nitrogens with zero attached hydrogens (tertiary/aromatic N) is 4. The maximum atomic E-state index is 12.8. The number of aromatic nitrogens is 5. The summed E-state index contributed by atoms with van der Waals surface area (Å²) in [6.07, 6.45) is 0. The van der Waals surface area contributed by atoms with E-state index >= 15 is 0 Å². The smallest absolute Gasteiger partial charge is 0.277 e. The van der Waals surface area contributed by atoms with E-state index in [1.807, 2.05) is 25.3 Å². The zero-order valence-electron chi connectivity index (χ0n) is 16.2.